The van der Waals surface area contributed by atoms with E-state index in [1.54, 1.807) is 24.3 Å². The molecule has 0 heterocycles. The number of amides is 1. The van der Waals surface area contributed by atoms with Gasteiger partial charge in [-0.25, -0.2) is 4.79 Å². The van der Waals surface area contributed by atoms with Crippen molar-refractivity contribution in [3.63, 3.8) is 0 Å². The van der Waals surface area contributed by atoms with Crippen LogP contribution in [0.1, 0.15) is 23.2 Å². The molecule has 30 heavy (non-hydrogen) atoms. The average molecular weight is 433 g/mol. The molecule has 0 saturated heterocycles. The standard InChI is InChI=1S/C20H24N6O3.ClH/c1-29-19(28)17(8-5-13-23-20(21)22)24-18(27)14-9-11-16(12-10-14)26-25-15-6-3-2-4-7-15;/h2-4,6-7,9-12,17H,5,8,13H2,1H3,(H,24,27)(H4,21,22,23);1H/t17-;/m0./s1. The molecule has 0 radical (unpaired) electrons. The number of azo groups is 1. The second-order valence-corrected chi connectivity index (χ2v) is 6.08. The van der Waals surface area contributed by atoms with E-state index in [2.05, 4.69) is 20.5 Å². The Morgan fingerprint density at radius 3 is 2.17 bits per heavy atom. The SMILES string of the molecule is COC(=O)[C@H](CCCN=C(N)N)NC(=O)c1ccc(N=Nc2ccccc2)cc1.Cl. The highest BCUT2D eigenvalue weighted by Gasteiger charge is 2.21. The number of nitrogens with zero attached hydrogens (tertiary/aromatic N) is 3. The predicted octanol–water partition coefficient (Wildman–Crippen LogP) is 2.85. The lowest BCUT2D eigenvalue weighted by Gasteiger charge is -2.16. The van der Waals surface area contributed by atoms with E-state index in [0.717, 1.165) is 5.69 Å². The predicted molar refractivity (Wildman–Crippen MR) is 117 cm³/mol. The van der Waals surface area contributed by atoms with Crippen molar-refractivity contribution in [2.24, 2.45) is 26.7 Å². The summed E-state index contributed by atoms with van der Waals surface area (Å²) in [6.45, 7) is 0.354. The van der Waals surface area contributed by atoms with Crippen molar-refractivity contribution in [1.82, 2.24) is 5.32 Å². The maximum atomic E-state index is 12.5. The van der Waals surface area contributed by atoms with Gasteiger partial charge in [-0.15, -0.1) is 12.4 Å². The minimum atomic E-state index is -0.792. The third-order valence-electron chi connectivity index (χ3n) is 3.90. The summed E-state index contributed by atoms with van der Waals surface area (Å²) >= 11 is 0. The molecule has 1 amide bonds. The average Bonchev–Trinajstić information content (AvgIpc) is 2.74. The molecule has 2 aromatic rings. The van der Waals surface area contributed by atoms with E-state index < -0.39 is 17.9 Å². The summed E-state index contributed by atoms with van der Waals surface area (Å²) in [4.78, 5) is 28.3. The number of ether oxygens (including phenoxy) is 1. The Labute approximate surface area is 181 Å². The van der Waals surface area contributed by atoms with E-state index in [-0.39, 0.29) is 18.4 Å². The number of methoxy groups -OCH3 is 1. The molecule has 2 rings (SSSR count). The zero-order chi connectivity index (χ0) is 21.1. The first-order chi connectivity index (χ1) is 14.0. The van der Waals surface area contributed by atoms with Crippen molar-refractivity contribution in [3.8, 4) is 0 Å². The quantitative estimate of drug-likeness (QED) is 0.183. The van der Waals surface area contributed by atoms with Gasteiger partial charge in [0, 0.05) is 12.1 Å². The number of hydrogen-bond acceptors (Lipinski definition) is 6. The van der Waals surface area contributed by atoms with Crippen molar-refractivity contribution in [2.45, 2.75) is 18.9 Å². The number of guanidine groups is 1. The van der Waals surface area contributed by atoms with Gasteiger partial charge in [-0.1, -0.05) is 18.2 Å². The number of carbonyl (C=O) groups excluding carboxylic acids is 2. The molecule has 160 valence electrons. The van der Waals surface area contributed by atoms with Crippen LogP contribution in [0.4, 0.5) is 11.4 Å². The molecular weight excluding hydrogens is 408 g/mol. The molecule has 0 fully saturated rings. The summed E-state index contributed by atoms with van der Waals surface area (Å²) in [5, 5.41) is 10.9. The fourth-order valence-corrected chi connectivity index (χ4v) is 2.43. The highest BCUT2D eigenvalue weighted by Crippen LogP contribution is 2.18. The van der Waals surface area contributed by atoms with Crippen LogP contribution in [0.2, 0.25) is 0 Å². The van der Waals surface area contributed by atoms with E-state index >= 15 is 0 Å². The van der Waals surface area contributed by atoms with Gasteiger partial charge in [-0.2, -0.15) is 10.2 Å². The molecule has 0 aromatic heterocycles. The summed E-state index contributed by atoms with van der Waals surface area (Å²) in [5.74, 6) is -0.946. The fourth-order valence-electron chi connectivity index (χ4n) is 2.43. The summed E-state index contributed by atoms with van der Waals surface area (Å²) < 4.78 is 4.75. The summed E-state index contributed by atoms with van der Waals surface area (Å²) in [7, 11) is 1.27. The lowest BCUT2D eigenvalue weighted by atomic mass is 10.1. The fraction of sp³-hybridized carbons (Fsp3) is 0.250. The monoisotopic (exact) mass is 432 g/mol. The first-order valence-electron chi connectivity index (χ1n) is 9.00. The van der Waals surface area contributed by atoms with E-state index in [1.807, 2.05) is 30.3 Å². The third-order valence-corrected chi connectivity index (χ3v) is 3.90. The van der Waals surface area contributed by atoms with Crippen molar-refractivity contribution in [3.05, 3.63) is 60.2 Å². The topological polar surface area (TPSA) is 145 Å². The number of rotatable bonds is 9. The molecule has 10 heteroatoms. The summed E-state index contributed by atoms with van der Waals surface area (Å²) in [6, 6.07) is 15.1. The Hall–Kier alpha value is -3.46. The Kier molecular flexibility index (Phi) is 10.6. The third kappa shape index (κ3) is 8.27. The van der Waals surface area contributed by atoms with E-state index in [0.29, 0.717) is 30.6 Å². The zero-order valence-electron chi connectivity index (χ0n) is 16.5. The van der Waals surface area contributed by atoms with Crippen LogP contribution in [0.15, 0.2) is 69.8 Å². The van der Waals surface area contributed by atoms with Gasteiger partial charge in [0.2, 0.25) is 0 Å². The molecule has 5 N–H and O–H groups in total. The maximum absolute atomic E-state index is 12.5. The molecule has 0 bridgehead atoms. The highest BCUT2D eigenvalue weighted by molar-refractivity contribution is 5.97. The molecule has 0 aliphatic carbocycles. The molecule has 0 spiro atoms. The first kappa shape index (κ1) is 24.6. The van der Waals surface area contributed by atoms with Crippen LogP contribution in [-0.4, -0.2) is 37.5 Å². The van der Waals surface area contributed by atoms with Gasteiger partial charge in [0.25, 0.3) is 5.91 Å². The second-order valence-electron chi connectivity index (χ2n) is 6.08. The van der Waals surface area contributed by atoms with Crippen molar-refractivity contribution in [2.75, 3.05) is 13.7 Å². The Morgan fingerprint density at radius 2 is 1.60 bits per heavy atom. The number of halogens is 1. The van der Waals surface area contributed by atoms with Crippen molar-refractivity contribution >= 4 is 41.6 Å². The molecular formula is C20H25ClN6O3. The van der Waals surface area contributed by atoms with Crippen LogP contribution in [0.25, 0.3) is 0 Å². The van der Waals surface area contributed by atoms with Crippen molar-refractivity contribution < 1.29 is 14.3 Å². The van der Waals surface area contributed by atoms with Crippen LogP contribution in [0.3, 0.4) is 0 Å². The lowest BCUT2D eigenvalue weighted by molar-refractivity contribution is -0.143. The van der Waals surface area contributed by atoms with Gasteiger partial charge in [0.15, 0.2) is 5.96 Å². The Morgan fingerprint density at radius 1 is 1.00 bits per heavy atom. The number of aliphatic imine (C=N–C) groups is 1. The molecule has 0 unspecified atom stereocenters. The van der Waals surface area contributed by atoms with Gasteiger partial charge in [0.1, 0.15) is 6.04 Å². The number of nitrogens with one attached hydrogen (secondary N) is 1. The summed E-state index contributed by atoms with van der Waals surface area (Å²) in [6.07, 6.45) is 0.856. The van der Waals surface area contributed by atoms with Crippen LogP contribution in [0, 0.1) is 0 Å². The van der Waals surface area contributed by atoms with Gasteiger partial charge in [0.05, 0.1) is 18.5 Å². The number of esters is 1. The van der Waals surface area contributed by atoms with E-state index in [1.165, 1.54) is 7.11 Å². The molecule has 0 aliphatic heterocycles. The number of hydrogen-bond donors (Lipinski definition) is 3. The first-order valence-corrected chi connectivity index (χ1v) is 9.00. The van der Waals surface area contributed by atoms with Gasteiger partial charge in [-0.3, -0.25) is 9.79 Å². The molecule has 1 atom stereocenters. The number of carbonyl (C=O) groups is 2. The molecule has 2 aromatic carbocycles. The lowest BCUT2D eigenvalue weighted by Crippen LogP contribution is -2.41. The molecule has 0 saturated carbocycles. The summed E-state index contributed by atoms with van der Waals surface area (Å²) in [5.41, 5.74) is 12.3. The van der Waals surface area contributed by atoms with Gasteiger partial charge < -0.3 is 21.5 Å². The smallest absolute Gasteiger partial charge is 0.328 e. The normalized spacial score (nSPS) is 11.2. The zero-order valence-corrected chi connectivity index (χ0v) is 17.3. The largest absolute Gasteiger partial charge is 0.467 e. The number of nitrogens with two attached hydrogens (primary N) is 2. The molecule has 0 aliphatic rings. The van der Waals surface area contributed by atoms with Crippen LogP contribution < -0.4 is 16.8 Å². The Balaban J connectivity index is 0.00000450. The van der Waals surface area contributed by atoms with Crippen LogP contribution in [-0.2, 0) is 9.53 Å². The molecule has 9 nitrogen and oxygen atoms in total. The van der Waals surface area contributed by atoms with Gasteiger partial charge in [-0.05, 0) is 49.2 Å². The van der Waals surface area contributed by atoms with Crippen LogP contribution >= 0.6 is 12.4 Å². The van der Waals surface area contributed by atoms with E-state index in [4.69, 9.17) is 16.2 Å². The minimum absolute atomic E-state index is 0. The van der Waals surface area contributed by atoms with Gasteiger partial charge >= 0.3 is 5.97 Å². The minimum Gasteiger partial charge on any atom is -0.467 e. The number of benzene rings is 2. The van der Waals surface area contributed by atoms with E-state index in [9.17, 15) is 9.59 Å². The maximum Gasteiger partial charge on any atom is 0.328 e. The Bertz CT molecular complexity index is 868. The second kappa shape index (κ2) is 12.9. The van der Waals surface area contributed by atoms with Crippen LogP contribution in [0.5, 0.6) is 0 Å². The van der Waals surface area contributed by atoms with Crippen molar-refractivity contribution in [1.29, 1.82) is 0 Å². The highest BCUT2D eigenvalue weighted by atomic mass is 35.5.